The van der Waals surface area contributed by atoms with Gasteiger partial charge in [-0.2, -0.15) is 0 Å². The van der Waals surface area contributed by atoms with Gasteiger partial charge in [-0.15, -0.1) is 0 Å². The van der Waals surface area contributed by atoms with Crippen molar-refractivity contribution in [3.8, 4) is 11.1 Å². The van der Waals surface area contributed by atoms with Crippen LogP contribution in [0.5, 0.6) is 0 Å². The van der Waals surface area contributed by atoms with Crippen molar-refractivity contribution in [1.29, 1.82) is 0 Å². The van der Waals surface area contributed by atoms with Crippen molar-refractivity contribution in [2.75, 3.05) is 43.5 Å². The monoisotopic (exact) mass is 749 g/mol. The number of fused-ring (bicyclic) bond motifs is 5. The van der Waals surface area contributed by atoms with Gasteiger partial charge in [0.25, 0.3) is 0 Å². The molecule has 4 aromatic heterocycles. The zero-order chi connectivity index (χ0) is 38.9. The Balaban J connectivity index is 1.32. The van der Waals surface area contributed by atoms with E-state index in [9.17, 15) is 14.4 Å². The van der Waals surface area contributed by atoms with E-state index in [2.05, 4.69) is 26.8 Å². The number of esters is 1. The molecule has 2 atom stereocenters. The molecule has 2 aromatic carbocycles. The minimum absolute atomic E-state index is 0.00155. The van der Waals surface area contributed by atoms with Crippen molar-refractivity contribution in [2.45, 2.75) is 45.4 Å². The number of hydrogen-bond acceptors (Lipinski definition) is 9. The van der Waals surface area contributed by atoms with Crippen LogP contribution in [0.4, 0.5) is 25.0 Å². The van der Waals surface area contributed by atoms with Crippen molar-refractivity contribution in [3.05, 3.63) is 94.0 Å². The number of carbonyl (C=O) groups is 2. The number of aromatic nitrogens is 4. The Hall–Kier alpha value is -5.89. The van der Waals surface area contributed by atoms with E-state index in [-0.39, 0.29) is 40.2 Å². The summed E-state index contributed by atoms with van der Waals surface area (Å²) in [5.74, 6) is -2.66. The van der Waals surface area contributed by atoms with Crippen molar-refractivity contribution < 1.29 is 27.8 Å². The normalized spacial score (nSPS) is 17.3. The second-order valence-corrected chi connectivity index (χ2v) is 15.5. The Morgan fingerprint density at radius 1 is 1.04 bits per heavy atom. The van der Waals surface area contributed by atoms with Crippen LogP contribution in [0.1, 0.15) is 43.1 Å². The Bertz CT molecular complexity index is 2580. The maximum atomic E-state index is 16.3. The SMILES string of the molecule is CN1C[C@H]2CCN(c3c(-c4cnc5c(c4)c(=O)c(C(=O)OCc4ccccc4)cn5C)cnc4[nH]c5c(N(C)C(=O)OC(C)(C)C)cc(F)c(F)c5c34)[C@H]2C1. The molecule has 0 radical (unpaired) electrons. The lowest BCUT2D eigenvalue weighted by molar-refractivity contribution is 0.0469. The zero-order valence-corrected chi connectivity index (χ0v) is 31.4. The minimum atomic E-state index is -1.14. The van der Waals surface area contributed by atoms with Gasteiger partial charge in [-0.3, -0.25) is 9.69 Å². The highest BCUT2D eigenvalue weighted by atomic mass is 19.2. The van der Waals surface area contributed by atoms with Crippen LogP contribution in [0.3, 0.4) is 0 Å². The van der Waals surface area contributed by atoms with Crippen LogP contribution in [-0.4, -0.2) is 81.9 Å². The van der Waals surface area contributed by atoms with Crippen molar-refractivity contribution in [3.63, 3.8) is 0 Å². The third kappa shape index (κ3) is 6.33. The highest BCUT2D eigenvalue weighted by molar-refractivity contribution is 6.19. The molecule has 0 bridgehead atoms. The molecule has 0 aliphatic carbocycles. The number of rotatable bonds is 6. The first kappa shape index (κ1) is 36.1. The average Bonchev–Trinajstić information content (AvgIpc) is 3.85. The van der Waals surface area contributed by atoms with E-state index >= 15 is 8.78 Å². The molecule has 14 heteroatoms. The molecule has 1 amide bonds. The van der Waals surface area contributed by atoms with E-state index in [1.165, 1.54) is 13.2 Å². The number of H-pyrrole nitrogens is 1. The number of hydrogen-bond donors (Lipinski definition) is 1. The van der Waals surface area contributed by atoms with Gasteiger partial charge in [0.1, 0.15) is 29.1 Å². The van der Waals surface area contributed by atoms with Gasteiger partial charge in [-0.05, 0) is 51.8 Å². The first-order valence-corrected chi connectivity index (χ1v) is 18.1. The summed E-state index contributed by atoms with van der Waals surface area (Å²) in [5, 5.41) is 0.454. The number of carbonyl (C=O) groups excluding carboxylic acids is 2. The predicted molar refractivity (Wildman–Crippen MR) is 206 cm³/mol. The van der Waals surface area contributed by atoms with Gasteiger partial charge in [0.15, 0.2) is 11.6 Å². The van der Waals surface area contributed by atoms with Crippen LogP contribution in [0.25, 0.3) is 44.1 Å². The van der Waals surface area contributed by atoms with Crippen LogP contribution in [0, 0.1) is 17.6 Å². The molecule has 6 heterocycles. The van der Waals surface area contributed by atoms with E-state index in [0.717, 1.165) is 36.0 Å². The second-order valence-electron chi connectivity index (χ2n) is 15.5. The standard InChI is InChI=1S/C41H41F2N7O5/c1-41(2,3)55-40(53)49(6)29-15-28(42)33(43)31-32-35(50-13-12-23-18-47(4)20-30(23)50)26(17-44-37(32)46-34(29)31)24-14-25-36(51)27(19-48(5)38(25)45-16-24)39(52)54-21-22-10-8-7-9-11-22/h7-11,14-17,19,23,30H,12-13,18,20-21H2,1-6H3,(H,44,46)/t23-,30+/m1/s1. The fraction of sp³-hybridized carbons (Fsp3) is 0.341. The number of halogens is 2. The van der Waals surface area contributed by atoms with E-state index in [0.29, 0.717) is 46.0 Å². The molecule has 6 aromatic rings. The van der Waals surface area contributed by atoms with Crippen molar-refractivity contribution >= 4 is 56.4 Å². The van der Waals surface area contributed by atoms with Crippen LogP contribution in [-0.2, 0) is 23.1 Å². The first-order chi connectivity index (χ1) is 26.2. The van der Waals surface area contributed by atoms with Crippen LogP contribution in [0.15, 0.2) is 65.8 Å². The Morgan fingerprint density at radius 3 is 2.55 bits per heavy atom. The molecule has 0 spiro atoms. The Kier molecular flexibility index (Phi) is 8.83. The molecule has 0 saturated carbocycles. The second kappa shape index (κ2) is 13.4. The molecule has 8 rings (SSSR count). The Morgan fingerprint density at radius 2 is 1.80 bits per heavy atom. The number of amides is 1. The first-order valence-electron chi connectivity index (χ1n) is 18.1. The molecule has 2 aliphatic rings. The molecule has 0 unspecified atom stereocenters. The minimum Gasteiger partial charge on any atom is -0.457 e. The molecular weight excluding hydrogens is 708 g/mol. The number of nitrogens with zero attached hydrogens (tertiary/aromatic N) is 6. The van der Waals surface area contributed by atoms with E-state index < -0.39 is 34.7 Å². The van der Waals surface area contributed by atoms with E-state index in [1.54, 1.807) is 50.8 Å². The van der Waals surface area contributed by atoms with Crippen LogP contribution >= 0.6 is 0 Å². The lowest BCUT2D eigenvalue weighted by Crippen LogP contribution is -2.35. The lowest BCUT2D eigenvalue weighted by atomic mass is 9.99. The molecule has 12 nitrogen and oxygen atoms in total. The topological polar surface area (TPSA) is 126 Å². The predicted octanol–water partition coefficient (Wildman–Crippen LogP) is 6.78. The summed E-state index contributed by atoms with van der Waals surface area (Å²) in [6.45, 7) is 7.45. The van der Waals surface area contributed by atoms with Gasteiger partial charge in [0.2, 0.25) is 5.43 Å². The number of ether oxygens (including phenoxy) is 2. The lowest BCUT2D eigenvalue weighted by Gasteiger charge is -2.29. The largest absolute Gasteiger partial charge is 0.457 e. The number of anilines is 2. The maximum absolute atomic E-state index is 16.3. The summed E-state index contributed by atoms with van der Waals surface area (Å²) in [6.07, 6.45) is 4.81. The summed E-state index contributed by atoms with van der Waals surface area (Å²) in [7, 11) is 5.19. The van der Waals surface area contributed by atoms with Crippen molar-refractivity contribution in [1.82, 2.24) is 24.4 Å². The number of likely N-dealkylation sites (tertiary alicyclic amines) is 1. The number of aromatic amines is 1. The number of benzene rings is 2. The molecule has 284 valence electrons. The third-order valence-corrected chi connectivity index (χ3v) is 10.5. The molecular formula is C41H41F2N7O5. The molecule has 1 N–H and O–H groups in total. The van der Waals surface area contributed by atoms with Gasteiger partial charge in [-0.25, -0.2) is 28.3 Å². The number of nitrogens with one attached hydrogen (secondary N) is 1. The maximum Gasteiger partial charge on any atom is 0.414 e. The smallest absolute Gasteiger partial charge is 0.414 e. The fourth-order valence-corrected chi connectivity index (χ4v) is 8.04. The summed E-state index contributed by atoms with van der Waals surface area (Å²) in [4.78, 5) is 58.6. The number of pyridine rings is 3. The molecule has 2 saturated heterocycles. The van der Waals surface area contributed by atoms with Gasteiger partial charge in [-0.1, -0.05) is 30.3 Å². The highest BCUT2D eigenvalue weighted by Gasteiger charge is 2.42. The number of likely N-dealkylation sites (N-methyl/N-ethyl adjacent to an activating group) is 1. The highest BCUT2D eigenvalue weighted by Crippen LogP contribution is 2.47. The van der Waals surface area contributed by atoms with Gasteiger partial charge in [0.05, 0.1) is 33.1 Å². The summed E-state index contributed by atoms with van der Waals surface area (Å²) < 4.78 is 44.7. The Labute approximate surface area is 315 Å². The summed E-state index contributed by atoms with van der Waals surface area (Å²) >= 11 is 0. The third-order valence-electron chi connectivity index (χ3n) is 10.5. The summed E-state index contributed by atoms with van der Waals surface area (Å²) in [6, 6.07) is 11.9. The molecule has 2 aliphatic heterocycles. The van der Waals surface area contributed by atoms with Gasteiger partial charge in [0, 0.05) is 75.6 Å². The van der Waals surface area contributed by atoms with Crippen LogP contribution in [0.2, 0.25) is 0 Å². The number of aryl methyl sites for hydroxylation is 1. The van der Waals surface area contributed by atoms with Gasteiger partial charge >= 0.3 is 12.1 Å². The van der Waals surface area contributed by atoms with Crippen molar-refractivity contribution in [2.24, 2.45) is 13.0 Å². The fourth-order valence-electron chi connectivity index (χ4n) is 8.04. The quantitative estimate of drug-likeness (QED) is 0.184. The molecule has 2 fully saturated rings. The van der Waals surface area contributed by atoms with Gasteiger partial charge < -0.3 is 28.8 Å². The zero-order valence-electron chi connectivity index (χ0n) is 31.4. The van der Waals surface area contributed by atoms with Crippen LogP contribution < -0.4 is 15.2 Å². The summed E-state index contributed by atoms with van der Waals surface area (Å²) in [5.41, 5.74) is 1.79. The van der Waals surface area contributed by atoms with E-state index in [4.69, 9.17) is 14.5 Å². The molecule has 55 heavy (non-hydrogen) atoms. The van der Waals surface area contributed by atoms with E-state index in [1.807, 2.05) is 30.3 Å². The average molecular weight is 750 g/mol.